The Labute approximate surface area is 119 Å². The summed E-state index contributed by atoms with van der Waals surface area (Å²) in [6, 6.07) is 6.79. The molecular formula is C13H11ClN2O2S. The van der Waals surface area contributed by atoms with Crippen LogP contribution in [0.4, 0.5) is 11.4 Å². The average Bonchev–Trinajstić information content (AvgIpc) is 2.85. The van der Waals surface area contributed by atoms with Crippen molar-refractivity contribution in [3.8, 4) is 0 Å². The van der Waals surface area contributed by atoms with E-state index in [1.165, 1.54) is 22.6 Å². The van der Waals surface area contributed by atoms with Crippen LogP contribution in [0.5, 0.6) is 0 Å². The summed E-state index contributed by atoms with van der Waals surface area (Å²) in [6.07, 6.45) is 1.00. The van der Waals surface area contributed by atoms with Gasteiger partial charge in [0.15, 0.2) is 0 Å². The highest BCUT2D eigenvalue weighted by Gasteiger charge is 2.20. The van der Waals surface area contributed by atoms with E-state index in [0.29, 0.717) is 5.02 Å². The van der Waals surface area contributed by atoms with E-state index >= 15 is 0 Å². The predicted molar refractivity (Wildman–Crippen MR) is 77.2 cm³/mol. The third kappa shape index (κ3) is 2.31. The fraction of sp³-hybridized carbons (Fsp3) is 0.231. The molecule has 1 aliphatic heterocycles. The Kier molecular flexibility index (Phi) is 3.16. The van der Waals surface area contributed by atoms with Gasteiger partial charge in [0.25, 0.3) is 5.69 Å². The summed E-state index contributed by atoms with van der Waals surface area (Å²) in [4.78, 5) is 13.9. The van der Waals surface area contributed by atoms with Crippen molar-refractivity contribution in [3.05, 3.63) is 55.2 Å². The Hall–Kier alpha value is -1.59. The zero-order valence-electron chi connectivity index (χ0n) is 10.0. The van der Waals surface area contributed by atoms with E-state index in [1.54, 1.807) is 17.4 Å². The van der Waals surface area contributed by atoms with Gasteiger partial charge in [0.2, 0.25) is 0 Å². The summed E-state index contributed by atoms with van der Waals surface area (Å²) in [7, 11) is 0. The van der Waals surface area contributed by atoms with Crippen molar-refractivity contribution in [2.24, 2.45) is 0 Å². The molecule has 0 aliphatic carbocycles. The van der Waals surface area contributed by atoms with Gasteiger partial charge in [-0.2, -0.15) is 0 Å². The Morgan fingerprint density at radius 3 is 2.95 bits per heavy atom. The summed E-state index contributed by atoms with van der Waals surface area (Å²) in [5.74, 6) is 0. The second kappa shape index (κ2) is 4.83. The SMILES string of the molecule is O=[N+]([O-])c1ccc(N2CCc3sccc3C2)c(Cl)c1. The molecule has 1 aromatic carbocycles. The zero-order valence-corrected chi connectivity index (χ0v) is 11.6. The van der Waals surface area contributed by atoms with E-state index in [1.807, 2.05) is 0 Å². The molecule has 0 fully saturated rings. The van der Waals surface area contributed by atoms with Gasteiger partial charge in [-0.05, 0) is 29.5 Å². The van der Waals surface area contributed by atoms with E-state index in [9.17, 15) is 10.1 Å². The fourth-order valence-corrected chi connectivity index (χ4v) is 3.50. The van der Waals surface area contributed by atoms with Crippen molar-refractivity contribution in [1.82, 2.24) is 0 Å². The molecule has 0 N–H and O–H groups in total. The highest BCUT2D eigenvalue weighted by molar-refractivity contribution is 7.10. The van der Waals surface area contributed by atoms with Gasteiger partial charge in [-0.3, -0.25) is 10.1 Å². The summed E-state index contributed by atoms with van der Waals surface area (Å²) >= 11 is 7.95. The first-order valence-corrected chi connectivity index (χ1v) is 7.15. The Morgan fingerprint density at radius 2 is 2.21 bits per heavy atom. The molecule has 0 radical (unpaired) electrons. The molecule has 2 aromatic rings. The molecular weight excluding hydrogens is 284 g/mol. The van der Waals surface area contributed by atoms with E-state index in [2.05, 4.69) is 16.3 Å². The van der Waals surface area contributed by atoms with Crippen LogP contribution < -0.4 is 4.90 Å². The van der Waals surface area contributed by atoms with Gasteiger partial charge in [0.1, 0.15) is 0 Å². The minimum atomic E-state index is -0.428. The molecule has 2 heterocycles. The van der Waals surface area contributed by atoms with Crippen LogP contribution in [-0.2, 0) is 13.0 Å². The molecule has 0 bridgehead atoms. The lowest BCUT2D eigenvalue weighted by molar-refractivity contribution is -0.384. The fourth-order valence-electron chi connectivity index (χ4n) is 2.32. The number of benzene rings is 1. The molecule has 0 saturated heterocycles. The molecule has 19 heavy (non-hydrogen) atoms. The van der Waals surface area contributed by atoms with Gasteiger partial charge in [-0.15, -0.1) is 11.3 Å². The number of non-ortho nitro benzene ring substituents is 1. The smallest absolute Gasteiger partial charge is 0.271 e. The molecule has 1 aliphatic rings. The second-order valence-corrected chi connectivity index (χ2v) is 5.84. The Bertz CT molecular complexity index is 641. The maximum Gasteiger partial charge on any atom is 0.271 e. The number of thiophene rings is 1. The van der Waals surface area contributed by atoms with Crippen LogP contribution in [-0.4, -0.2) is 11.5 Å². The summed E-state index contributed by atoms with van der Waals surface area (Å²) < 4.78 is 0. The lowest BCUT2D eigenvalue weighted by Gasteiger charge is -2.29. The lowest BCUT2D eigenvalue weighted by atomic mass is 10.1. The van der Waals surface area contributed by atoms with E-state index in [-0.39, 0.29) is 5.69 Å². The van der Waals surface area contributed by atoms with Gasteiger partial charge in [-0.25, -0.2) is 0 Å². The molecule has 98 valence electrons. The lowest BCUT2D eigenvalue weighted by Crippen LogP contribution is -2.29. The van der Waals surface area contributed by atoms with E-state index in [4.69, 9.17) is 11.6 Å². The topological polar surface area (TPSA) is 46.4 Å². The highest BCUT2D eigenvalue weighted by atomic mass is 35.5. The minimum absolute atomic E-state index is 0.0296. The Balaban J connectivity index is 1.90. The number of anilines is 1. The molecule has 0 atom stereocenters. The number of hydrogen-bond acceptors (Lipinski definition) is 4. The van der Waals surface area contributed by atoms with Crippen LogP contribution >= 0.6 is 22.9 Å². The predicted octanol–water partition coefficient (Wildman–Crippen LogP) is 3.87. The summed E-state index contributed by atoms with van der Waals surface area (Å²) in [5.41, 5.74) is 2.22. The van der Waals surface area contributed by atoms with Crippen LogP contribution in [0.3, 0.4) is 0 Å². The number of fused-ring (bicyclic) bond motifs is 1. The van der Waals surface area contributed by atoms with Crippen molar-refractivity contribution in [3.63, 3.8) is 0 Å². The molecule has 4 nitrogen and oxygen atoms in total. The van der Waals surface area contributed by atoms with Crippen LogP contribution in [0.25, 0.3) is 0 Å². The first-order valence-electron chi connectivity index (χ1n) is 5.89. The molecule has 1 aromatic heterocycles. The Morgan fingerprint density at radius 1 is 1.37 bits per heavy atom. The highest BCUT2D eigenvalue weighted by Crippen LogP contribution is 2.34. The van der Waals surface area contributed by atoms with E-state index < -0.39 is 4.92 Å². The number of rotatable bonds is 2. The van der Waals surface area contributed by atoms with Crippen LogP contribution in [0.1, 0.15) is 10.4 Å². The third-order valence-corrected chi connectivity index (χ3v) is 4.62. The van der Waals surface area contributed by atoms with Crippen molar-refractivity contribution in [2.75, 3.05) is 11.4 Å². The molecule has 0 unspecified atom stereocenters. The number of nitro benzene ring substituents is 1. The standard InChI is InChI=1S/C13H11ClN2O2S/c14-11-7-10(16(17)18)1-2-12(11)15-5-3-13-9(8-15)4-6-19-13/h1-2,4,6-7H,3,5,8H2. The van der Waals surface area contributed by atoms with Crippen molar-refractivity contribution in [1.29, 1.82) is 0 Å². The molecule has 0 saturated carbocycles. The average molecular weight is 295 g/mol. The molecule has 0 spiro atoms. The number of halogens is 1. The quantitative estimate of drug-likeness (QED) is 0.624. The van der Waals surface area contributed by atoms with Gasteiger partial charge < -0.3 is 4.90 Å². The van der Waals surface area contributed by atoms with Gasteiger partial charge in [-0.1, -0.05) is 11.6 Å². The van der Waals surface area contributed by atoms with Gasteiger partial charge in [0.05, 0.1) is 15.6 Å². The minimum Gasteiger partial charge on any atom is -0.366 e. The maximum atomic E-state index is 10.7. The van der Waals surface area contributed by atoms with Gasteiger partial charge >= 0.3 is 0 Å². The number of nitrogens with zero attached hydrogens (tertiary/aromatic N) is 2. The largest absolute Gasteiger partial charge is 0.366 e. The van der Waals surface area contributed by atoms with Crippen molar-refractivity contribution >= 4 is 34.3 Å². The normalized spacial score (nSPS) is 14.3. The first kappa shape index (κ1) is 12.4. The second-order valence-electron chi connectivity index (χ2n) is 4.43. The summed E-state index contributed by atoms with van der Waals surface area (Å²) in [5, 5.41) is 13.2. The molecule has 6 heteroatoms. The molecule has 3 rings (SSSR count). The van der Waals surface area contributed by atoms with Crippen LogP contribution in [0.15, 0.2) is 29.6 Å². The van der Waals surface area contributed by atoms with Crippen LogP contribution in [0, 0.1) is 10.1 Å². The maximum absolute atomic E-state index is 10.7. The van der Waals surface area contributed by atoms with Crippen molar-refractivity contribution in [2.45, 2.75) is 13.0 Å². The zero-order chi connectivity index (χ0) is 13.4. The van der Waals surface area contributed by atoms with Crippen molar-refractivity contribution < 1.29 is 4.92 Å². The van der Waals surface area contributed by atoms with Crippen LogP contribution in [0.2, 0.25) is 5.02 Å². The monoisotopic (exact) mass is 294 g/mol. The first-order chi connectivity index (χ1) is 9.15. The molecule has 0 amide bonds. The van der Waals surface area contributed by atoms with E-state index in [0.717, 1.165) is 25.2 Å². The number of hydrogen-bond donors (Lipinski definition) is 0. The summed E-state index contributed by atoms with van der Waals surface area (Å²) in [6.45, 7) is 1.71. The number of nitro groups is 1. The van der Waals surface area contributed by atoms with Gasteiger partial charge in [0, 0.05) is 30.1 Å². The third-order valence-electron chi connectivity index (χ3n) is 3.29.